The first-order chi connectivity index (χ1) is 13.4. The first kappa shape index (κ1) is 31.8. The molecule has 0 radical (unpaired) electrons. The van der Waals surface area contributed by atoms with Crippen LogP contribution in [0.25, 0.3) is 0 Å². The highest BCUT2D eigenvalue weighted by Crippen LogP contribution is 2.73. The van der Waals surface area contributed by atoms with E-state index in [1.54, 1.807) is 0 Å². The molecule has 1 aliphatic rings. The van der Waals surface area contributed by atoms with E-state index in [4.69, 9.17) is 0 Å². The lowest BCUT2D eigenvalue weighted by Crippen LogP contribution is -2.79. The van der Waals surface area contributed by atoms with Gasteiger partial charge in [0.1, 0.15) is 0 Å². The van der Waals surface area contributed by atoms with Crippen molar-refractivity contribution in [2.75, 3.05) is 0 Å². The van der Waals surface area contributed by atoms with Gasteiger partial charge in [-0.3, -0.25) is 7.35 Å². The van der Waals surface area contributed by atoms with Crippen molar-refractivity contribution in [3.63, 3.8) is 0 Å². The quantitative estimate of drug-likeness (QED) is 0.286. The van der Waals surface area contributed by atoms with Crippen molar-refractivity contribution in [3.8, 4) is 0 Å². The second-order valence-electron chi connectivity index (χ2n) is 18.4. The predicted octanol–water partition coefficient (Wildman–Crippen LogP) is 9.22. The molecule has 1 aliphatic heterocycles. The van der Waals surface area contributed by atoms with Gasteiger partial charge in [-0.05, 0) is 30.4 Å². The Morgan fingerprint density at radius 1 is 0.375 bits per heavy atom. The highest BCUT2D eigenvalue weighted by atomic mass is 30.8. The van der Waals surface area contributed by atoms with Crippen molar-refractivity contribution in [1.82, 2.24) is 0 Å². The zero-order valence-electron chi connectivity index (χ0n) is 26.5. The lowest BCUT2D eigenvalue weighted by atomic mass is 10.2. The topological polar surface area (TPSA) is 0 Å². The number of hydrogen-bond acceptors (Lipinski definition) is 0. The molecule has 8 heteroatoms. The SMILES string of the molecule is CC(C)(C)[Si]([Si-]1[Si]([Si](C)(C)C)([Si](C)(C)C)[Si]1([Si](C)(C)C)[Si](C)(C)C)(C(C)(C)C)C(C)(C)C. The maximum atomic E-state index is 2.92. The molecule has 0 saturated carbocycles. The molecule has 32 heavy (non-hydrogen) atoms. The van der Waals surface area contributed by atoms with Crippen LogP contribution in [0.5, 0.6) is 0 Å². The van der Waals surface area contributed by atoms with Crippen molar-refractivity contribution < 1.29 is 0 Å². The summed E-state index contributed by atoms with van der Waals surface area (Å²) in [6, 6.07) is 0. The van der Waals surface area contributed by atoms with E-state index in [-0.39, 0.29) is 7.35 Å². The second-order valence-corrected chi connectivity index (χ2v) is 111. The largest absolute Gasteiger partial charge is 0.267 e. The van der Waals surface area contributed by atoms with Crippen LogP contribution in [0, 0.1) is 0 Å². The minimum Gasteiger partial charge on any atom is -0.267 e. The van der Waals surface area contributed by atoms with Crippen molar-refractivity contribution in [3.05, 3.63) is 0 Å². The minimum atomic E-state index is -1.71. The van der Waals surface area contributed by atoms with Crippen LogP contribution in [-0.4, -0.2) is 57.6 Å². The molecule has 0 spiro atoms. The Morgan fingerprint density at radius 3 is 0.625 bits per heavy atom. The first-order valence-corrected chi connectivity index (χ1v) is 42.8. The van der Waals surface area contributed by atoms with Crippen LogP contribution in [-0.2, 0) is 0 Å². The Balaban J connectivity index is 4.65. The van der Waals surface area contributed by atoms with Gasteiger partial charge in [-0.2, -0.15) is 0 Å². The fraction of sp³-hybridized carbons (Fsp3) is 1.00. The van der Waals surface area contributed by atoms with E-state index in [0.29, 0.717) is 15.1 Å². The average molecular weight is 576 g/mol. The standard InChI is InChI=1S/C24H63Si8/c1-22(2,3)30(23(4,5)6,24(7,8)9)25-31(26(10,11)12,27(13,14)15)32(25,28(16,17)18)29(19,20)21/h1-21H3/q-1. The molecular formula is C24H63Si8-. The lowest BCUT2D eigenvalue weighted by Gasteiger charge is -2.71. The van der Waals surface area contributed by atoms with Crippen LogP contribution < -0.4 is 0 Å². The van der Waals surface area contributed by atoms with E-state index < -0.39 is 50.2 Å². The molecule has 0 aliphatic carbocycles. The molecule has 0 atom stereocenters. The third-order valence-electron chi connectivity index (χ3n) is 9.50. The maximum Gasteiger partial charge on any atom is -0.00240 e. The molecule has 0 amide bonds. The van der Waals surface area contributed by atoms with Crippen LogP contribution in [0.15, 0.2) is 0 Å². The predicted molar refractivity (Wildman–Crippen MR) is 176 cm³/mol. The van der Waals surface area contributed by atoms with Gasteiger partial charge in [0.2, 0.25) is 0 Å². The second kappa shape index (κ2) is 7.87. The summed E-state index contributed by atoms with van der Waals surface area (Å²) < 4.78 is 0. The summed E-state index contributed by atoms with van der Waals surface area (Å²) >= 11 is 0. The summed E-state index contributed by atoms with van der Waals surface area (Å²) in [6.45, 7) is 59.7. The molecule has 192 valence electrons. The van der Waals surface area contributed by atoms with Crippen LogP contribution in [0.1, 0.15) is 62.3 Å². The van der Waals surface area contributed by atoms with E-state index in [1.165, 1.54) is 0 Å². The molecular weight excluding hydrogens is 513 g/mol. The third kappa shape index (κ3) is 3.72. The van der Waals surface area contributed by atoms with Gasteiger partial charge in [0, 0.05) is 0 Å². The number of hydrogen-bond donors (Lipinski definition) is 0. The lowest BCUT2D eigenvalue weighted by molar-refractivity contribution is 0.556. The monoisotopic (exact) mass is 575 g/mol. The molecule has 0 aromatic rings. The van der Waals surface area contributed by atoms with Crippen molar-refractivity contribution in [1.29, 1.82) is 0 Å². The van der Waals surface area contributed by atoms with E-state index in [1.807, 2.05) is 0 Å². The Bertz CT molecular complexity index is 604. The van der Waals surface area contributed by atoms with Crippen LogP contribution >= 0.6 is 0 Å². The minimum absolute atomic E-state index is 0.315. The van der Waals surface area contributed by atoms with Gasteiger partial charge in [0.05, 0.1) is 0 Å². The molecule has 0 nitrogen and oxygen atoms in total. The Labute approximate surface area is 212 Å². The Hall–Kier alpha value is 1.74. The fourth-order valence-corrected chi connectivity index (χ4v) is 549. The summed E-state index contributed by atoms with van der Waals surface area (Å²) in [5, 5.41) is 1.47. The van der Waals surface area contributed by atoms with E-state index in [9.17, 15) is 0 Å². The fourth-order valence-electron chi connectivity index (χ4n) is 11.5. The van der Waals surface area contributed by atoms with Crippen molar-refractivity contribution >= 4 is 57.6 Å². The average Bonchev–Trinajstić information content (AvgIpc) is 2.98. The van der Waals surface area contributed by atoms with Gasteiger partial charge >= 0.3 is 0 Å². The van der Waals surface area contributed by atoms with Gasteiger partial charge in [0.25, 0.3) is 0 Å². The summed E-state index contributed by atoms with van der Waals surface area (Å²) in [7, 11) is -7.07. The Morgan fingerprint density at radius 2 is 0.531 bits per heavy atom. The van der Waals surface area contributed by atoms with Gasteiger partial charge in [-0.15, -0.1) is 12.3 Å². The molecule has 1 heterocycles. The first-order valence-electron chi connectivity index (χ1n) is 13.2. The molecule has 0 bridgehead atoms. The van der Waals surface area contributed by atoms with E-state index in [2.05, 4.69) is 141 Å². The molecule has 0 aromatic carbocycles. The molecule has 1 rings (SSSR count). The summed E-state index contributed by atoms with van der Waals surface area (Å²) in [4.78, 5) is 0. The highest BCUT2D eigenvalue weighted by molar-refractivity contribution is 8.52. The summed E-state index contributed by atoms with van der Waals surface area (Å²) in [5.41, 5.74) is 0. The normalized spacial score (nSPS) is 21.7. The van der Waals surface area contributed by atoms with Gasteiger partial charge in [-0.1, -0.05) is 164 Å². The van der Waals surface area contributed by atoms with Gasteiger partial charge in [-0.25, -0.2) is 0 Å². The van der Waals surface area contributed by atoms with E-state index >= 15 is 0 Å². The van der Waals surface area contributed by atoms with Gasteiger partial charge < -0.3 is 0 Å². The maximum absolute atomic E-state index is 2.92. The van der Waals surface area contributed by atoms with Crippen molar-refractivity contribution in [2.24, 2.45) is 0 Å². The van der Waals surface area contributed by atoms with Crippen LogP contribution in [0.4, 0.5) is 0 Å². The Kier molecular flexibility index (Phi) is 7.81. The molecule has 0 unspecified atom stereocenters. The van der Waals surface area contributed by atoms with E-state index in [0.717, 1.165) is 0 Å². The summed E-state index contributed by atoms with van der Waals surface area (Å²) in [6.07, 6.45) is -2.60. The molecule has 1 fully saturated rings. The van der Waals surface area contributed by atoms with Crippen LogP contribution in [0.3, 0.4) is 0 Å². The van der Waals surface area contributed by atoms with Gasteiger partial charge in [0.15, 0.2) is 0 Å². The number of rotatable bonds is 5. The molecule has 1 saturated heterocycles. The zero-order valence-corrected chi connectivity index (χ0v) is 34.5. The van der Waals surface area contributed by atoms with Crippen molar-refractivity contribution in [2.45, 2.75) is 156 Å². The highest BCUT2D eigenvalue weighted by Gasteiger charge is 2.85. The van der Waals surface area contributed by atoms with Crippen LogP contribution in [0.2, 0.25) is 93.7 Å². The smallest absolute Gasteiger partial charge is 0.00240 e. The molecule has 0 N–H and O–H groups in total. The zero-order chi connectivity index (χ0) is 26.6. The third-order valence-corrected chi connectivity index (χ3v) is 243. The summed E-state index contributed by atoms with van der Waals surface area (Å²) in [5.74, 6) is 0. The molecule has 0 aromatic heterocycles.